The molecule has 0 bridgehead atoms. The van der Waals surface area contributed by atoms with Gasteiger partial charge in [0.15, 0.2) is 0 Å². The molecular formula is C26H36N2OW. The topological polar surface area (TPSA) is 33.6 Å². The molecule has 0 aromatic heterocycles. The van der Waals surface area contributed by atoms with E-state index in [1.54, 1.807) is 6.61 Å². The first kappa shape index (κ1) is 26.6. The molecule has 162 valence electrons. The Labute approximate surface area is 197 Å². The van der Waals surface area contributed by atoms with E-state index in [1.807, 2.05) is 12.1 Å². The molecule has 1 aliphatic heterocycles. The van der Waals surface area contributed by atoms with Crippen LogP contribution in [0.4, 0.5) is 0 Å². The van der Waals surface area contributed by atoms with Gasteiger partial charge < -0.3 is 10.2 Å². The quantitative estimate of drug-likeness (QED) is 0.269. The van der Waals surface area contributed by atoms with Gasteiger partial charge in [0, 0.05) is 0 Å². The number of nitrogens with zero attached hydrogens (tertiary/aromatic N) is 1. The van der Waals surface area contributed by atoms with Gasteiger partial charge in [0.2, 0.25) is 0 Å². The maximum Gasteiger partial charge on any atom is 2.00 e. The molecule has 0 aliphatic carbocycles. The molecule has 4 heteroatoms. The monoisotopic (exact) mass is 576 g/mol. The van der Waals surface area contributed by atoms with Gasteiger partial charge in [-0.3, -0.25) is 0 Å². The molecule has 30 heavy (non-hydrogen) atoms. The fourth-order valence-electron chi connectivity index (χ4n) is 3.04. The third-order valence-electron chi connectivity index (χ3n) is 5.17. The number of rotatable bonds is 6. The third kappa shape index (κ3) is 9.58. The molecule has 0 radical (unpaired) electrons. The van der Waals surface area contributed by atoms with E-state index in [4.69, 9.17) is 4.84 Å². The Kier molecular flexibility index (Phi) is 12.2. The molecule has 2 aromatic rings. The van der Waals surface area contributed by atoms with Crippen molar-refractivity contribution < 1.29 is 25.9 Å². The van der Waals surface area contributed by atoms with Gasteiger partial charge in [-0.25, -0.2) is 5.16 Å². The normalized spacial score (nSPS) is 16.0. The molecule has 3 rings (SSSR count). The van der Waals surface area contributed by atoms with Crippen molar-refractivity contribution in [3.05, 3.63) is 77.4 Å². The van der Waals surface area contributed by atoms with Gasteiger partial charge in [-0.2, -0.15) is 17.7 Å². The van der Waals surface area contributed by atoms with Crippen LogP contribution in [0, 0.1) is 12.5 Å². The van der Waals surface area contributed by atoms with E-state index in [0.717, 1.165) is 37.9 Å². The van der Waals surface area contributed by atoms with Crippen molar-refractivity contribution in [2.24, 2.45) is 11.1 Å². The van der Waals surface area contributed by atoms with E-state index < -0.39 is 0 Å². The number of nitrogens with one attached hydrogen (secondary N) is 1. The van der Waals surface area contributed by atoms with Crippen LogP contribution in [0.15, 0.2) is 53.7 Å². The minimum Gasteiger partial charge on any atom is -0.577 e. The van der Waals surface area contributed by atoms with E-state index in [2.05, 4.69) is 87.7 Å². The Morgan fingerprint density at radius 1 is 1.00 bits per heavy atom. The van der Waals surface area contributed by atoms with Crippen molar-refractivity contribution >= 4 is 6.21 Å². The van der Waals surface area contributed by atoms with Crippen molar-refractivity contribution in [3.8, 4) is 0 Å². The average molecular weight is 576 g/mol. The van der Waals surface area contributed by atoms with Crippen LogP contribution in [0.25, 0.3) is 0 Å². The standard InChI is InChI=1S/C14H18N2O.C12H18.W/c1-2-12-3-5-13(6-4-12)10-16-17-11-14-7-8-15-9-14;1-5-10-6-8-11(9-7-10)12(2,3)4;/h3-6,11,14-15H,2,7-9H2,1H3;6-9H,5H2,1-4H3;/q-2;;+2. The fraction of sp³-hybridized carbons (Fsp3) is 0.462. The summed E-state index contributed by atoms with van der Waals surface area (Å²) in [6, 6.07) is 17.1. The van der Waals surface area contributed by atoms with Crippen LogP contribution >= 0.6 is 0 Å². The zero-order valence-electron chi connectivity index (χ0n) is 19.1. The van der Waals surface area contributed by atoms with Gasteiger partial charge in [-0.15, -0.1) is 24.7 Å². The van der Waals surface area contributed by atoms with Crippen LogP contribution in [0.3, 0.4) is 0 Å². The van der Waals surface area contributed by atoms with Gasteiger partial charge >= 0.3 is 21.1 Å². The zero-order valence-corrected chi connectivity index (χ0v) is 22.0. The predicted molar refractivity (Wildman–Crippen MR) is 123 cm³/mol. The molecule has 0 saturated carbocycles. The first-order valence-electron chi connectivity index (χ1n) is 10.8. The molecule has 1 heterocycles. The summed E-state index contributed by atoms with van der Waals surface area (Å²) in [5, 5.41) is 7.10. The summed E-state index contributed by atoms with van der Waals surface area (Å²) in [7, 11) is 0. The maximum atomic E-state index is 5.13. The van der Waals surface area contributed by atoms with Crippen molar-refractivity contribution in [1.82, 2.24) is 5.32 Å². The number of hydrogen-bond acceptors (Lipinski definition) is 3. The van der Waals surface area contributed by atoms with Crippen molar-refractivity contribution in [1.29, 1.82) is 0 Å². The minimum absolute atomic E-state index is 0. The van der Waals surface area contributed by atoms with Gasteiger partial charge in [-0.1, -0.05) is 70.9 Å². The average Bonchev–Trinajstić information content (AvgIpc) is 3.25. The molecule has 1 atom stereocenters. The largest absolute Gasteiger partial charge is 2.00 e. The van der Waals surface area contributed by atoms with Crippen LogP contribution in [0.5, 0.6) is 0 Å². The second-order valence-electron chi connectivity index (χ2n) is 8.55. The minimum atomic E-state index is 0. The van der Waals surface area contributed by atoms with Gasteiger partial charge in [0.1, 0.15) is 0 Å². The molecule has 1 unspecified atom stereocenters. The summed E-state index contributed by atoms with van der Waals surface area (Å²) >= 11 is 0. The van der Waals surface area contributed by atoms with Crippen LogP contribution < -0.4 is 5.32 Å². The Balaban J connectivity index is 0.000000308. The molecule has 1 saturated heterocycles. The molecule has 1 aliphatic rings. The van der Waals surface area contributed by atoms with E-state index in [-0.39, 0.29) is 26.5 Å². The maximum absolute atomic E-state index is 5.13. The van der Waals surface area contributed by atoms with Gasteiger partial charge in [-0.05, 0) is 48.7 Å². The summed E-state index contributed by atoms with van der Waals surface area (Å²) in [6.07, 6.45) is 6.18. The van der Waals surface area contributed by atoms with Crippen LogP contribution in [-0.4, -0.2) is 19.3 Å². The van der Waals surface area contributed by atoms with E-state index in [0.29, 0.717) is 5.92 Å². The first-order chi connectivity index (χ1) is 13.9. The van der Waals surface area contributed by atoms with Crippen molar-refractivity contribution in [3.63, 3.8) is 0 Å². The van der Waals surface area contributed by atoms with E-state index in [9.17, 15) is 0 Å². The summed E-state index contributed by atoms with van der Waals surface area (Å²) in [5.74, 6) is 0.475. The first-order valence-corrected chi connectivity index (χ1v) is 10.8. The zero-order chi connectivity index (χ0) is 21.1. The number of benzene rings is 2. The van der Waals surface area contributed by atoms with Gasteiger partial charge in [0.25, 0.3) is 0 Å². The van der Waals surface area contributed by atoms with Gasteiger partial charge in [0.05, 0.1) is 0 Å². The number of aryl methyl sites for hydroxylation is 2. The molecule has 0 spiro atoms. The predicted octanol–water partition coefficient (Wildman–Crippen LogP) is 5.79. The summed E-state index contributed by atoms with van der Waals surface area (Å²) < 4.78 is 0. The van der Waals surface area contributed by atoms with Crippen LogP contribution in [-0.2, 0) is 44.2 Å². The SMILES string of the molecule is CCc1ccc(C(C)(C)C)cc1.CCc1ccc([C-]=NO[CH-]C2CCNC2)cc1.[W+2]. The second kappa shape index (κ2) is 13.8. The smallest absolute Gasteiger partial charge is 0.577 e. The second-order valence-corrected chi connectivity index (χ2v) is 8.55. The Hall–Kier alpha value is -1.44. The van der Waals surface area contributed by atoms with E-state index >= 15 is 0 Å². The van der Waals surface area contributed by atoms with Crippen LogP contribution in [0.2, 0.25) is 0 Å². The molecule has 0 amide bonds. The Morgan fingerprint density at radius 3 is 2.03 bits per heavy atom. The Morgan fingerprint density at radius 2 is 1.57 bits per heavy atom. The van der Waals surface area contributed by atoms with Crippen molar-refractivity contribution in [2.45, 2.75) is 59.3 Å². The Bertz CT molecular complexity index is 727. The molecule has 1 N–H and O–H groups in total. The third-order valence-corrected chi connectivity index (χ3v) is 5.17. The molecule has 3 nitrogen and oxygen atoms in total. The summed E-state index contributed by atoms with van der Waals surface area (Å²) in [4.78, 5) is 5.13. The van der Waals surface area contributed by atoms with Crippen molar-refractivity contribution in [2.75, 3.05) is 13.1 Å². The van der Waals surface area contributed by atoms with Crippen LogP contribution in [0.1, 0.15) is 63.3 Å². The molecule has 1 fully saturated rings. The summed E-state index contributed by atoms with van der Waals surface area (Å²) in [6.45, 7) is 14.9. The summed E-state index contributed by atoms with van der Waals surface area (Å²) in [5.41, 5.74) is 5.38. The number of hydrogen-bond donors (Lipinski definition) is 1. The fourth-order valence-corrected chi connectivity index (χ4v) is 3.04. The molecule has 2 aromatic carbocycles. The molecular weight excluding hydrogens is 540 g/mol. The van der Waals surface area contributed by atoms with E-state index in [1.165, 1.54) is 16.7 Å².